The Balaban J connectivity index is 1.87. The van der Waals surface area contributed by atoms with Crippen LogP contribution in [0.3, 0.4) is 0 Å². The van der Waals surface area contributed by atoms with Crippen LogP contribution in [0.15, 0.2) is 41.0 Å². The Kier molecular flexibility index (Phi) is 4.04. The summed E-state index contributed by atoms with van der Waals surface area (Å²) >= 11 is 0. The van der Waals surface area contributed by atoms with Crippen LogP contribution in [0.4, 0.5) is 0 Å². The van der Waals surface area contributed by atoms with Crippen LogP contribution in [0.2, 0.25) is 0 Å². The van der Waals surface area contributed by atoms with Crippen molar-refractivity contribution in [2.75, 3.05) is 20.8 Å². The minimum atomic E-state index is -0.0140. The molecule has 0 saturated carbocycles. The van der Waals surface area contributed by atoms with E-state index < -0.39 is 0 Å². The zero-order chi connectivity index (χ0) is 15.5. The fourth-order valence-electron chi connectivity index (χ4n) is 2.92. The molecule has 2 heterocycles. The summed E-state index contributed by atoms with van der Waals surface area (Å²) in [6.07, 6.45) is 3.55. The van der Waals surface area contributed by atoms with Gasteiger partial charge in [0.15, 0.2) is 11.5 Å². The van der Waals surface area contributed by atoms with Gasteiger partial charge in [-0.15, -0.1) is 0 Å². The second-order valence-electron chi connectivity index (χ2n) is 5.24. The van der Waals surface area contributed by atoms with Gasteiger partial charge in [-0.3, -0.25) is 4.79 Å². The first-order chi connectivity index (χ1) is 10.7. The summed E-state index contributed by atoms with van der Waals surface area (Å²) in [7, 11) is 3.14. The van der Waals surface area contributed by atoms with Crippen LogP contribution < -0.4 is 9.47 Å². The number of likely N-dealkylation sites (tertiary alicyclic amines) is 1. The molecule has 22 heavy (non-hydrogen) atoms. The first-order valence-corrected chi connectivity index (χ1v) is 7.31. The number of hydrogen-bond acceptors (Lipinski definition) is 4. The van der Waals surface area contributed by atoms with Crippen LogP contribution in [0.1, 0.15) is 35.0 Å². The third kappa shape index (κ3) is 2.54. The van der Waals surface area contributed by atoms with Crippen molar-refractivity contribution in [2.24, 2.45) is 0 Å². The Morgan fingerprint density at radius 1 is 1.23 bits per heavy atom. The van der Waals surface area contributed by atoms with Crippen LogP contribution in [0.25, 0.3) is 0 Å². The van der Waals surface area contributed by atoms with E-state index in [1.54, 1.807) is 38.7 Å². The Hall–Kier alpha value is -2.43. The standard InChI is InChI=1S/C17H19NO4/c1-20-15-8-7-12(11-16(15)21-2)17(19)18-9-3-5-13(18)14-6-4-10-22-14/h4,6-8,10-11,13H,3,5,9H2,1-2H3. The number of carbonyl (C=O) groups is 1. The molecule has 0 bridgehead atoms. The first kappa shape index (κ1) is 14.5. The number of furan rings is 1. The average Bonchev–Trinajstić information content (AvgIpc) is 3.23. The number of benzene rings is 1. The number of methoxy groups -OCH3 is 2. The largest absolute Gasteiger partial charge is 0.493 e. The van der Waals surface area contributed by atoms with E-state index in [1.165, 1.54) is 0 Å². The number of rotatable bonds is 4. The maximum absolute atomic E-state index is 12.8. The lowest BCUT2D eigenvalue weighted by molar-refractivity contribution is 0.0719. The van der Waals surface area contributed by atoms with Crippen molar-refractivity contribution in [3.05, 3.63) is 47.9 Å². The van der Waals surface area contributed by atoms with Gasteiger partial charge in [0, 0.05) is 12.1 Å². The van der Waals surface area contributed by atoms with Crippen molar-refractivity contribution in [3.63, 3.8) is 0 Å². The summed E-state index contributed by atoms with van der Waals surface area (Å²) in [6.45, 7) is 0.735. The lowest BCUT2D eigenvalue weighted by Gasteiger charge is -2.23. The molecule has 0 aliphatic carbocycles. The van der Waals surface area contributed by atoms with Crippen molar-refractivity contribution in [1.82, 2.24) is 4.90 Å². The number of ether oxygens (including phenoxy) is 2. The molecule has 0 spiro atoms. The molecule has 1 saturated heterocycles. The Labute approximate surface area is 129 Å². The van der Waals surface area contributed by atoms with Gasteiger partial charge in [-0.1, -0.05) is 0 Å². The quantitative estimate of drug-likeness (QED) is 0.869. The molecule has 116 valence electrons. The molecule has 1 aromatic carbocycles. The second-order valence-corrected chi connectivity index (χ2v) is 5.24. The average molecular weight is 301 g/mol. The molecule has 1 unspecified atom stereocenters. The van der Waals surface area contributed by atoms with E-state index in [1.807, 2.05) is 17.0 Å². The highest BCUT2D eigenvalue weighted by molar-refractivity contribution is 5.95. The molecule has 2 aromatic rings. The van der Waals surface area contributed by atoms with Crippen LogP contribution in [0.5, 0.6) is 11.5 Å². The normalized spacial score (nSPS) is 17.5. The van der Waals surface area contributed by atoms with E-state index in [-0.39, 0.29) is 11.9 Å². The molecule has 3 rings (SSSR count). The molecular formula is C17H19NO4. The van der Waals surface area contributed by atoms with Gasteiger partial charge in [-0.2, -0.15) is 0 Å². The van der Waals surface area contributed by atoms with Gasteiger partial charge < -0.3 is 18.8 Å². The minimum absolute atomic E-state index is 0.00981. The summed E-state index contributed by atoms with van der Waals surface area (Å²) in [5.41, 5.74) is 0.594. The maximum atomic E-state index is 12.8. The first-order valence-electron chi connectivity index (χ1n) is 7.31. The van der Waals surface area contributed by atoms with Gasteiger partial charge in [-0.05, 0) is 43.2 Å². The molecule has 5 nitrogen and oxygen atoms in total. The molecule has 1 aliphatic heterocycles. The van der Waals surface area contributed by atoms with E-state index in [9.17, 15) is 4.79 Å². The fraction of sp³-hybridized carbons (Fsp3) is 0.353. The van der Waals surface area contributed by atoms with Crippen molar-refractivity contribution in [1.29, 1.82) is 0 Å². The van der Waals surface area contributed by atoms with Gasteiger partial charge in [0.25, 0.3) is 5.91 Å². The molecule has 1 amide bonds. The van der Waals surface area contributed by atoms with Crippen molar-refractivity contribution >= 4 is 5.91 Å². The predicted octanol–water partition coefficient (Wildman–Crippen LogP) is 3.27. The Morgan fingerprint density at radius 3 is 2.73 bits per heavy atom. The molecule has 1 fully saturated rings. The number of amides is 1. The molecule has 0 radical (unpaired) electrons. The molecule has 1 aliphatic rings. The summed E-state index contributed by atoms with van der Waals surface area (Å²) in [4.78, 5) is 14.7. The van der Waals surface area contributed by atoms with E-state index in [2.05, 4.69) is 0 Å². The summed E-state index contributed by atoms with van der Waals surface area (Å²) in [5, 5.41) is 0. The SMILES string of the molecule is COc1ccc(C(=O)N2CCCC2c2ccco2)cc1OC. The van der Waals surface area contributed by atoms with Crippen molar-refractivity contribution < 1.29 is 18.7 Å². The van der Waals surface area contributed by atoms with Gasteiger partial charge in [-0.25, -0.2) is 0 Å². The predicted molar refractivity (Wildman–Crippen MR) is 81.3 cm³/mol. The second kappa shape index (κ2) is 6.13. The summed E-state index contributed by atoms with van der Waals surface area (Å²) in [6, 6.07) is 9.03. The van der Waals surface area contributed by atoms with E-state index in [0.717, 1.165) is 25.1 Å². The van der Waals surface area contributed by atoms with Gasteiger partial charge >= 0.3 is 0 Å². The van der Waals surface area contributed by atoms with E-state index in [4.69, 9.17) is 13.9 Å². The summed E-state index contributed by atoms with van der Waals surface area (Å²) in [5.74, 6) is 2.00. The van der Waals surface area contributed by atoms with E-state index >= 15 is 0 Å². The highest BCUT2D eigenvalue weighted by atomic mass is 16.5. The van der Waals surface area contributed by atoms with Crippen LogP contribution in [-0.4, -0.2) is 31.6 Å². The van der Waals surface area contributed by atoms with Crippen LogP contribution >= 0.6 is 0 Å². The third-order valence-electron chi connectivity index (χ3n) is 4.02. The minimum Gasteiger partial charge on any atom is -0.493 e. The molecular weight excluding hydrogens is 282 g/mol. The van der Waals surface area contributed by atoms with Gasteiger partial charge in [0.2, 0.25) is 0 Å². The van der Waals surface area contributed by atoms with E-state index in [0.29, 0.717) is 17.1 Å². The maximum Gasteiger partial charge on any atom is 0.254 e. The Morgan fingerprint density at radius 2 is 2.05 bits per heavy atom. The highest BCUT2D eigenvalue weighted by Crippen LogP contribution is 2.35. The number of carbonyl (C=O) groups excluding carboxylic acids is 1. The molecule has 1 atom stereocenters. The number of nitrogens with zero attached hydrogens (tertiary/aromatic N) is 1. The smallest absolute Gasteiger partial charge is 0.254 e. The monoisotopic (exact) mass is 301 g/mol. The van der Waals surface area contributed by atoms with Crippen molar-refractivity contribution in [2.45, 2.75) is 18.9 Å². The van der Waals surface area contributed by atoms with Gasteiger partial charge in [0.1, 0.15) is 5.76 Å². The van der Waals surface area contributed by atoms with Crippen molar-refractivity contribution in [3.8, 4) is 11.5 Å². The Bertz CT molecular complexity index is 651. The topological polar surface area (TPSA) is 51.9 Å². The zero-order valence-electron chi connectivity index (χ0n) is 12.7. The molecule has 1 aromatic heterocycles. The van der Waals surface area contributed by atoms with Crippen LogP contribution in [0, 0.1) is 0 Å². The third-order valence-corrected chi connectivity index (χ3v) is 4.02. The zero-order valence-corrected chi connectivity index (χ0v) is 12.7. The summed E-state index contributed by atoms with van der Waals surface area (Å²) < 4.78 is 16.0. The lowest BCUT2D eigenvalue weighted by atomic mass is 10.1. The fourth-order valence-corrected chi connectivity index (χ4v) is 2.92. The highest BCUT2D eigenvalue weighted by Gasteiger charge is 2.32. The van der Waals surface area contributed by atoms with Gasteiger partial charge in [0.05, 0.1) is 26.5 Å². The molecule has 5 heteroatoms. The molecule has 0 N–H and O–H groups in total. The number of hydrogen-bond donors (Lipinski definition) is 0. The van der Waals surface area contributed by atoms with Crippen LogP contribution in [-0.2, 0) is 0 Å². The lowest BCUT2D eigenvalue weighted by Crippen LogP contribution is -2.30.